The fourth-order valence-electron chi connectivity index (χ4n) is 4.95. The minimum atomic E-state index is -4.47. The summed E-state index contributed by atoms with van der Waals surface area (Å²) in [5.41, 5.74) is 9.04. The third-order valence-corrected chi connectivity index (χ3v) is 6.85. The van der Waals surface area contributed by atoms with E-state index in [0.717, 1.165) is 50.4 Å². The van der Waals surface area contributed by atoms with Gasteiger partial charge < -0.3 is 5.73 Å². The van der Waals surface area contributed by atoms with Crippen molar-refractivity contribution in [2.45, 2.75) is 71.1 Å². The number of carbonyl (C=O) groups excluding carboxylic acids is 1. The Morgan fingerprint density at radius 2 is 1.97 bits per heavy atom. The van der Waals surface area contributed by atoms with E-state index in [-0.39, 0.29) is 5.69 Å². The zero-order valence-electron chi connectivity index (χ0n) is 18.5. The van der Waals surface area contributed by atoms with Crippen LogP contribution in [-0.2, 0) is 25.7 Å². The molecule has 0 saturated heterocycles. The van der Waals surface area contributed by atoms with Gasteiger partial charge in [0.2, 0.25) is 0 Å². The van der Waals surface area contributed by atoms with Crippen molar-refractivity contribution in [1.82, 2.24) is 14.9 Å². The minimum Gasteiger partial charge on any atom is -0.364 e. The van der Waals surface area contributed by atoms with E-state index in [1.54, 1.807) is 6.07 Å². The Balaban J connectivity index is 1.58. The highest BCUT2D eigenvalue weighted by Gasteiger charge is 2.33. The van der Waals surface area contributed by atoms with E-state index in [1.165, 1.54) is 17.3 Å². The highest BCUT2D eigenvalue weighted by molar-refractivity contribution is 5.91. The number of aromatic nitrogens is 2. The van der Waals surface area contributed by atoms with E-state index in [0.29, 0.717) is 30.0 Å². The number of nitrogens with two attached hydrogens (primary N) is 1. The van der Waals surface area contributed by atoms with E-state index in [9.17, 15) is 18.0 Å². The second-order valence-corrected chi connectivity index (χ2v) is 9.83. The Kier molecular flexibility index (Phi) is 6.00. The molecular weight excluding hydrogens is 417 g/mol. The van der Waals surface area contributed by atoms with Crippen LogP contribution in [0.4, 0.5) is 13.2 Å². The fourth-order valence-corrected chi connectivity index (χ4v) is 4.95. The summed E-state index contributed by atoms with van der Waals surface area (Å²) >= 11 is 0. The van der Waals surface area contributed by atoms with Crippen LogP contribution in [-0.4, -0.2) is 27.3 Å². The zero-order chi connectivity index (χ0) is 23.1. The van der Waals surface area contributed by atoms with Gasteiger partial charge in [0, 0.05) is 25.8 Å². The topological polar surface area (TPSA) is 72.1 Å². The first-order valence-corrected chi connectivity index (χ1v) is 11.1. The first-order chi connectivity index (χ1) is 15.0. The molecule has 0 bridgehead atoms. The molecule has 1 saturated carbocycles. The molecule has 1 amide bonds. The first kappa shape index (κ1) is 22.7. The molecular formula is C24H29F3N4O. The summed E-state index contributed by atoms with van der Waals surface area (Å²) in [7, 11) is 0. The van der Waals surface area contributed by atoms with Crippen LogP contribution >= 0.6 is 0 Å². The van der Waals surface area contributed by atoms with Gasteiger partial charge in [-0.2, -0.15) is 13.2 Å². The third kappa shape index (κ3) is 4.95. The molecule has 0 unspecified atom stereocenters. The molecule has 2 aromatic rings. The summed E-state index contributed by atoms with van der Waals surface area (Å²) in [6.45, 7) is 6.15. The largest absolute Gasteiger partial charge is 0.433 e. The number of primary amides is 1. The molecule has 0 radical (unpaired) electrons. The molecule has 32 heavy (non-hydrogen) atoms. The molecule has 3 heterocycles. The highest BCUT2D eigenvalue weighted by atomic mass is 19.4. The summed E-state index contributed by atoms with van der Waals surface area (Å²) in [5.74, 6) is -0.162. The van der Waals surface area contributed by atoms with Gasteiger partial charge in [-0.1, -0.05) is 13.8 Å². The smallest absolute Gasteiger partial charge is 0.364 e. The van der Waals surface area contributed by atoms with Crippen LogP contribution in [0.25, 0.3) is 0 Å². The van der Waals surface area contributed by atoms with Gasteiger partial charge in [-0.05, 0) is 78.3 Å². The van der Waals surface area contributed by atoms with Crippen LogP contribution in [0, 0.1) is 5.41 Å². The van der Waals surface area contributed by atoms with Crippen LogP contribution in [0.5, 0.6) is 0 Å². The summed E-state index contributed by atoms with van der Waals surface area (Å²) in [6, 6.07) is 4.57. The molecule has 1 fully saturated rings. The lowest BCUT2D eigenvalue weighted by molar-refractivity contribution is -0.141. The quantitative estimate of drug-likeness (QED) is 0.730. The van der Waals surface area contributed by atoms with Gasteiger partial charge in [-0.15, -0.1) is 0 Å². The molecule has 0 aromatic carbocycles. The Morgan fingerprint density at radius 3 is 2.62 bits per heavy atom. The van der Waals surface area contributed by atoms with Gasteiger partial charge in [0.05, 0.1) is 5.69 Å². The van der Waals surface area contributed by atoms with Crippen molar-refractivity contribution in [2.75, 3.05) is 6.54 Å². The lowest BCUT2D eigenvalue weighted by atomic mass is 9.70. The van der Waals surface area contributed by atoms with Gasteiger partial charge in [0.15, 0.2) is 0 Å². The van der Waals surface area contributed by atoms with E-state index in [2.05, 4.69) is 28.7 Å². The molecule has 2 aliphatic rings. The van der Waals surface area contributed by atoms with Crippen molar-refractivity contribution in [3.05, 3.63) is 58.2 Å². The van der Waals surface area contributed by atoms with Crippen molar-refractivity contribution in [3.8, 4) is 0 Å². The lowest BCUT2D eigenvalue weighted by Crippen LogP contribution is -2.33. The standard InChI is InChI=1S/C24H29F3N4O/c1-23(2)7-3-16(4-8-23)18-12-19(22(28)32)30-20-14-31(10-6-17(18)20)13-15-5-9-29-21(11-15)24(25,26)27/h5,9,11-12,16H,3-4,6-8,10,13-14H2,1-2H3,(H2,28,32). The Morgan fingerprint density at radius 1 is 1.25 bits per heavy atom. The molecule has 172 valence electrons. The van der Waals surface area contributed by atoms with Crippen molar-refractivity contribution in [3.63, 3.8) is 0 Å². The average Bonchev–Trinajstić information content (AvgIpc) is 2.72. The fraction of sp³-hybridized carbons (Fsp3) is 0.542. The number of pyridine rings is 2. The normalized spacial score (nSPS) is 19.5. The SMILES string of the molecule is CC1(C)CCC(c2cc(C(N)=O)nc3c2CCN(Cc2ccnc(C(F)(F)F)c2)C3)CC1. The number of hydrogen-bond acceptors (Lipinski definition) is 4. The molecule has 8 heteroatoms. The van der Waals surface area contributed by atoms with Crippen LogP contribution in [0.1, 0.15) is 84.0 Å². The molecule has 1 aliphatic carbocycles. The monoisotopic (exact) mass is 446 g/mol. The number of alkyl halides is 3. The highest BCUT2D eigenvalue weighted by Crippen LogP contribution is 2.44. The van der Waals surface area contributed by atoms with Gasteiger partial charge in [0.1, 0.15) is 11.4 Å². The molecule has 4 rings (SSSR count). The van der Waals surface area contributed by atoms with Gasteiger partial charge >= 0.3 is 6.18 Å². The summed E-state index contributed by atoms with van der Waals surface area (Å²) in [5, 5.41) is 0. The number of hydrogen-bond donors (Lipinski definition) is 1. The Bertz CT molecular complexity index is 1010. The lowest BCUT2D eigenvalue weighted by Gasteiger charge is -2.37. The predicted octanol–water partition coefficient (Wildman–Crippen LogP) is 4.84. The van der Waals surface area contributed by atoms with Crippen LogP contribution in [0.3, 0.4) is 0 Å². The van der Waals surface area contributed by atoms with Gasteiger partial charge in [-0.25, -0.2) is 4.98 Å². The number of halogens is 3. The third-order valence-electron chi connectivity index (χ3n) is 6.85. The molecule has 5 nitrogen and oxygen atoms in total. The maximum absolute atomic E-state index is 13.0. The van der Waals surface area contributed by atoms with E-state index < -0.39 is 17.8 Å². The van der Waals surface area contributed by atoms with Gasteiger partial charge in [0.25, 0.3) is 5.91 Å². The van der Waals surface area contributed by atoms with Crippen molar-refractivity contribution < 1.29 is 18.0 Å². The Hall–Kier alpha value is -2.48. The number of fused-ring (bicyclic) bond motifs is 1. The molecule has 1 aliphatic heterocycles. The van der Waals surface area contributed by atoms with Gasteiger partial charge in [-0.3, -0.25) is 14.7 Å². The number of rotatable bonds is 4. The predicted molar refractivity (Wildman–Crippen MR) is 115 cm³/mol. The minimum absolute atomic E-state index is 0.272. The maximum atomic E-state index is 13.0. The molecule has 2 N–H and O–H groups in total. The second-order valence-electron chi connectivity index (χ2n) is 9.83. The molecule has 2 aromatic heterocycles. The maximum Gasteiger partial charge on any atom is 0.433 e. The van der Waals surface area contributed by atoms with Crippen molar-refractivity contribution in [2.24, 2.45) is 11.1 Å². The van der Waals surface area contributed by atoms with E-state index in [1.807, 2.05) is 6.07 Å². The average molecular weight is 447 g/mol. The number of carbonyl (C=O) groups is 1. The van der Waals surface area contributed by atoms with E-state index in [4.69, 9.17) is 5.73 Å². The first-order valence-electron chi connectivity index (χ1n) is 11.1. The zero-order valence-corrected chi connectivity index (χ0v) is 18.5. The van der Waals surface area contributed by atoms with Crippen molar-refractivity contribution in [1.29, 1.82) is 0 Å². The summed E-state index contributed by atoms with van der Waals surface area (Å²) < 4.78 is 39.0. The Labute approximate surface area is 186 Å². The summed E-state index contributed by atoms with van der Waals surface area (Å²) in [4.78, 5) is 22.0. The molecule has 0 atom stereocenters. The van der Waals surface area contributed by atoms with Crippen LogP contribution in [0.15, 0.2) is 24.4 Å². The van der Waals surface area contributed by atoms with Crippen LogP contribution < -0.4 is 5.73 Å². The summed E-state index contributed by atoms with van der Waals surface area (Å²) in [6.07, 6.45) is 1.90. The molecule has 0 spiro atoms. The second kappa shape index (κ2) is 8.46. The van der Waals surface area contributed by atoms with E-state index >= 15 is 0 Å². The van der Waals surface area contributed by atoms with Crippen LogP contribution in [0.2, 0.25) is 0 Å². The number of nitrogens with zero attached hydrogens (tertiary/aromatic N) is 3. The van der Waals surface area contributed by atoms with Crippen molar-refractivity contribution >= 4 is 5.91 Å². The number of amides is 1.